The molecular weight excluding hydrogens is 228 g/mol. The number of nitrogens with zero attached hydrogens (tertiary/aromatic N) is 1. The van der Waals surface area contributed by atoms with Crippen molar-refractivity contribution in [3.05, 3.63) is 23.1 Å². The van der Waals surface area contributed by atoms with E-state index in [0.29, 0.717) is 13.1 Å². The second kappa shape index (κ2) is 4.89. The maximum Gasteiger partial charge on any atom is 0.289 e. The van der Waals surface area contributed by atoms with Crippen LogP contribution in [0.5, 0.6) is 0 Å². The lowest BCUT2D eigenvalue weighted by Gasteiger charge is -2.28. The maximum absolute atomic E-state index is 11.9. The molecule has 0 aliphatic rings. The first-order valence-corrected chi connectivity index (χ1v) is 5.44. The van der Waals surface area contributed by atoms with Crippen LogP contribution in [0.3, 0.4) is 0 Å². The topological polar surface area (TPSA) is 59.5 Å². The second-order valence-electron chi connectivity index (χ2n) is 4.63. The third kappa shape index (κ3) is 3.25. The number of amides is 1. The van der Waals surface area contributed by atoms with Crippen molar-refractivity contribution in [1.82, 2.24) is 4.90 Å². The summed E-state index contributed by atoms with van der Waals surface area (Å²) in [4.78, 5) is 13.5. The Balaban J connectivity index is 2.68. The van der Waals surface area contributed by atoms with Crippen LogP contribution in [0.15, 0.2) is 16.5 Å². The molecule has 1 aromatic heterocycles. The van der Waals surface area contributed by atoms with Crippen molar-refractivity contribution in [3.63, 3.8) is 0 Å². The molecule has 90 valence electrons. The Morgan fingerprint density at radius 1 is 1.56 bits per heavy atom. The molecule has 0 aliphatic heterocycles. The van der Waals surface area contributed by atoms with E-state index in [2.05, 4.69) is 0 Å². The highest BCUT2D eigenvalue weighted by Gasteiger charge is 2.23. The highest BCUT2D eigenvalue weighted by Crippen LogP contribution is 2.18. The summed E-state index contributed by atoms with van der Waals surface area (Å²) in [5.41, 5.74) is 5.50. The average Bonchev–Trinajstić information content (AvgIpc) is 2.63. The minimum absolute atomic E-state index is 0.110. The van der Waals surface area contributed by atoms with Crippen molar-refractivity contribution < 1.29 is 9.21 Å². The van der Waals surface area contributed by atoms with Crippen molar-refractivity contribution in [2.45, 2.75) is 13.8 Å². The number of furan rings is 1. The van der Waals surface area contributed by atoms with Gasteiger partial charge in [-0.25, -0.2) is 0 Å². The third-order valence-corrected chi connectivity index (χ3v) is 2.55. The van der Waals surface area contributed by atoms with Gasteiger partial charge in [0.15, 0.2) is 11.0 Å². The van der Waals surface area contributed by atoms with Gasteiger partial charge in [-0.2, -0.15) is 0 Å². The first kappa shape index (κ1) is 13.1. The number of carbonyl (C=O) groups is 1. The summed E-state index contributed by atoms with van der Waals surface area (Å²) < 4.78 is 5.06. The third-order valence-electron chi connectivity index (χ3n) is 2.35. The molecule has 2 N–H and O–H groups in total. The smallest absolute Gasteiger partial charge is 0.289 e. The lowest BCUT2D eigenvalue weighted by Crippen LogP contribution is -2.39. The predicted molar refractivity (Wildman–Crippen MR) is 63.5 cm³/mol. The number of hydrogen-bond acceptors (Lipinski definition) is 3. The highest BCUT2D eigenvalue weighted by atomic mass is 35.5. The van der Waals surface area contributed by atoms with E-state index in [1.165, 1.54) is 0 Å². The molecule has 0 saturated heterocycles. The lowest BCUT2D eigenvalue weighted by atomic mass is 9.93. The Morgan fingerprint density at radius 2 is 2.19 bits per heavy atom. The van der Waals surface area contributed by atoms with Crippen LogP contribution in [0.25, 0.3) is 0 Å². The van der Waals surface area contributed by atoms with Gasteiger partial charge in [0.05, 0.1) is 0 Å². The van der Waals surface area contributed by atoms with Crippen molar-refractivity contribution in [1.29, 1.82) is 0 Å². The number of carbonyl (C=O) groups excluding carboxylic acids is 1. The largest absolute Gasteiger partial charge is 0.440 e. The van der Waals surface area contributed by atoms with Gasteiger partial charge in [0.2, 0.25) is 0 Å². The molecule has 0 aliphatic carbocycles. The summed E-state index contributed by atoms with van der Waals surface area (Å²) in [6.07, 6.45) is 0. The van der Waals surface area contributed by atoms with E-state index in [4.69, 9.17) is 21.8 Å². The Hall–Kier alpha value is -1.00. The number of rotatable bonds is 4. The minimum atomic E-state index is -0.187. The van der Waals surface area contributed by atoms with Crippen LogP contribution in [0.2, 0.25) is 5.22 Å². The maximum atomic E-state index is 11.9. The Bertz CT molecular complexity index is 374. The number of nitrogens with two attached hydrogens (primary N) is 1. The molecule has 4 nitrogen and oxygen atoms in total. The van der Waals surface area contributed by atoms with Gasteiger partial charge in [0, 0.05) is 13.6 Å². The van der Waals surface area contributed by atoms with Crippen LogP contribution in [0, 0.1) is 5.41 Å². The molecule has 0 spiro atoms. The van der Waals surface area contributed by atoms with Crippen molar-refractivity contribution in [3.8, 4) is 0 Å². The van der Waals surface area contributed by atoms with Crippen LogP contribution >= 0.6 is 11.6 Å². The van der Waals surface area contributed by atoms with E-state index in [9.17, 15) is 4.79 Å². The van der Waals surface area contributed by atoms with E-state index in [1.807, 2.05) is 13.8 Å². The summed E-state index contributed by atoms with van der Waals surface area (Å²) in [7, 11) is 1.72. The SMILES string of the molecule is CN(CC(C)(C)CN)C(=O)c1ccc(Cl)o1. The number of hydrogen-bond donors (Lipinski definition) is 1. The summed E-state index contributed by atoms with van der Waals surface area (Å²) in [6.45, 7) is 5.10. The van der Waals surface area contributed by atoms with Crippen LogP contribution < -0.4 is 5.73 Å². The standard InChI is InChI=1S/C11H17ClN2O2/c1-11(2,6-13)7-14(3)10(15)8-4-5-9(12)16-8/h4-5H,6-7,13H2,1-3H3. The Kier molecular flexibility index (Phi) is 3.99. The zero-order chi connectivity index (χ0) is 12.3. The van der Waals surface area contributed by atoms with Crippen LogP contribution in [0.4, 0.5) is 0 Å². The van der Waals surface area contributed by atoms with Crippen molar-refractivity contribution in [2.24, 2.45) is 11.1 Å². The lowest BCUT2D eigenvalue weighted by molar-refractivity contribution is 0.0709. The molecule has 1 heterocycles. The van der Waals surface area contributed by atoms with Crippen LogP contribution in [-0.4, -0.2) is 30.9 Å². The van der Waals surface area contributed by atoms with Crippen molar-refractivity contribution in [2.75, 3.05) is 20.1 Å². The fraction of sp³-hybridized carbons (Fsp3) is 0.545. The zero-order valence-corrected chi connectivity index (χ0v) is 10.5. The van der Waals surface area contributed by atoms with Gasteiger partial charge < -0.3 is 15.1 Å². The molecule has 0 atom stereocenters. The second-order valence-corrected chi connectivity index (χ2v) is 5.01. The molecule has 5 heteroatoms. The number of halogens is 1. The Labute approximate surface area is 100 Å². The summed E-state index contributed by atoms with van der Waals surface area (Å²) in [6, 6.07) is 3.12. The van der Waals surface area contributed by atoms with Gasteiger partial charge in [0.1, 0.15) is 0 Å². The first-order chi connectivity index (χ1) is 7.35. The summed E-state index contributed by atoms with van der Waals surface area (Å²) >= 11 is 5.61. The van der Waals surface area contributed by atoms with E-state index in [-0.39, 0.29) is 22.3 Å². The van der Waals surface area contributed by atoms with Crippen LogP contribution in [0.1, 0.15) is 24.4 Å². The summed E-state index contributed by atoms with van der Waals surface area (Å²) in [5.74, 6) is 0.0637. The molecule has 0 saturated carbocycles. The van der Waals surface area contributed by atoms with Gasteiger partial charge in [-0.15, -0.1) is 0 Å². The molecule has 1 aromatic rings. The molecule has 0 bridgehead atoms. The molecule has 16 heavy (non-hydrogen) atoms. The van der Waals surface area contributed by atoms with Crippen molar-refractivity contribution >= 4 is 17.5 Å². The van der Waals surface area contributed by atoms with Crippen LogP contribution in [-0.2, 0) is 0 Å². The van der Waals surface area contributed by atoms with E-state index in [1.54, 1.807) is 24.1 Å². The molecule has 1 amide bonds. The monoisotopic (exact) mass is 244 g/mol. The summed E-state index contributed by atoms with van der Waals surface area (Å²) in [5, 5.41) is 0.217. The molecule has 1 rings (SSSR count). The molecule has 0 fully saturated rings. The fourth-order valence-corrected chi connectivity index (χ4v) is 1.54. The zero-order valence-electron chi connectivity index (χ0n) is 9.79. The van der Waals surface area contributed by atoms with Gasteiger partial charge >= 0.3 is 0 Å². The fourth-order valence-electron chi connectivity index (χ4n) is 1.40. The van der Waals surface area contributed by atoms with E-state index >= 15 is 0 Å². The molecule has 0 aromatic carbocycles. The van der Waals surface area contributed by atoms with Gasteiger partial charge in [-0.05, 0) is 35.7 Å². The quantitative estimate of drug-likeness (QED) is 0.881. The highest BCUT2D eigenvalue weighted by molar-refractivity contribution is 6.29. The van der Waals surface area contributed by atoms with E-state index in [0.717, 1.165) is 0 Å². The van der Waals surface area contributed by atoms with Gasteiger partial charge in [0.25, 0.3) is 5.91 Å². The predicted octanol–water partition coefficient (Wildman–Crippen LogP) is 1.99. The Morgan fingerprint density at radius 3 is 2.62 bits per heavy atom. The molecule has 0 radical (unpaired) electrons. The van der Waals surface area contributed by atoms with Gasteiger partial charge in [-0.1, -0.05) is 13.8 Å². The van der Waals surface area contributed by atoms with Gasteiger partial charge in [-0.3, -0.25) is 4.79 Å². The normalized spacial score (nSPS) is 11.6. The molecule has 0 unspecified atom stereocenters. The van der Waals surface area contributed by atoms with E-state index < -0.39 is 0 Å². The minimum Gasteiger partial charge on any atom is -0.440 e. The molecular formula is C11H17ClN2O2. The average molecular weight is 245 g/mol. The first-order valence-electron chi connectivity index (χ1n) is 5.06.